The summed E-state index contributed by atoms with van der Waals surface area (Å²) in [6, 6.07) is 0. The number of rotatable bonds is 3. The highest BCUT2D eigenvalue weighted by molar-refractivity contribution is 7.15. The summed E-state index contributed by atoms with van der Waals surface area (Å²) in [5, 5.41) is 14.1. The number of hydrogen-bond acceptors (Lipinski definition) is 5. The lowest BCUT2D eigenvalue weighted by Crippen LogP contribution is -2.15. The van der Waals surface area contributed by atoms with Crippen LogP contribution >= 0.6 is 11.3 Å². The Balaban J connectivity index is 2.48. The molecule has 0 aliphatic rings. The minimum atomic E-state index is -1.16. The van der Waals surface area contributed by atoms with Crippen LogP contribution in [0.4, 0.5) is 0 Å². The van der Waals surface area contributed by atoms with Crippen molar-refractivity contribution in [1.82, 2.24) is 9.38 Å². The number of oxime groups is 1. The van der Waals surface area contributed by atoms with E-state index in [9.17, 15) is 4.79 Å². The van der Waals surface area contributed by atoms with Gasteiger partial charge in [-0.25, -0.2) is 9.78 Å². The van der Waals surface area contributed by atoms with E-state index in [1.54, 1.807) is 16.8 Å². The molecule has 1 N–H and O–H groups in total. The molecule has 0 aliphatic carbocycles. The first-order valence-corrected chi connectivity index (χ1v) is 4.87. The average molecular weight is 225 g/mol. The van der Waals surface area contributed by atoms with Gasteiger partial charge in [0.15, 0.2) is 4.96 Å². The molecule has 15 heavy (non-hydrogen) atoms. The molecule has 2 heterocycles. The topological polar surface area (TPSA) is 76.2 Å². The summed E-state index contributed by atoms with van der Waals surface area (Å²) in [6.45, 7) is 0. The minimum absolute atomic E-state index is 0.201. The lowest BCUT2D eigenvalue weighted by Gasteiger charge is -1.94. The quantitative estimate of drug-likeness (QED) is 0.620. The summed E-state index contributed by atoms with van der Waals surface area (Å²) in [4.78, 5) is 20.1. The van der Waals surface area contributed by atoms with Gasteiger partial charge in [-0.2, -0.15) is 0 Å². The van der Waals surface area contributed by atoms with Crippen LogP contribution in [0.25, 0.3) is 4.96 Å². The van der Waals surface area contributed by atoms with Crippen LogP contribution in [0.3, 0.4) is 0 Å². The van der Waals surface area contributed by atoms with Gasteiger partial charge in [0, 0.05) is 17.8 Å². The number of aliphatic carboxylic acids is 1. The van der Waals surface area contributed by atoms with Gasteiger partial charge in [0.1, 0.15) is 12.8 Å². The maximum absolute atomic E-state index is 10.8. The predicted molar refractivity (Wildman–Crippen MR) is 54.3 cm³/mol. The van der Waals surface area contributed by atoms with Crippen molar-refractivity contribution in [3.05, 3.63) is 23.5 Å². The van der Waals surface area contributed by atoms with Gasteiger partial charge in [-0.05, 0) is 0 Å². The summed E-state index contributed by atoms with van der Waals surface area (Å²) < 4.78 is 1.73. The normalized spacial score (nSPS) is 11.9. The summed E-state index contributed by atoms with van der Waals surface area (Å²) in [5.74, 6) is -1.16. The van der Waals surface area contributed by atoms with E-state index in [4.69, 9.17) is 5.11 Å². The van der Waals surface area contributed by atoms with Gasteiger partial charge in [-0.3, -0.25) is 4.40 Å². The molecule has 0 saturated heterocycles. The molecule has 0 saturated carbocycles. The van der Waals surface area contributed by atoms with Crippen molar-refractivity contribution >= 4 is 28.0 Å². The Kier molecular flexibility index (Phi) is 2.38. The van der Waals surface area contributed by atoms with Crippen LogP contribution in [0.1, 0.15) is 5.69 Å². The van der Waals surface area contributed by atoms with E-state index in [2.05, 4.69) is 15.0 Å². The van der Waals surface area contributed by atoms with Gasteiger partial charge in [0.25, 0.3) is 0 Å². The van der Waals surface area contributed by atoms with Crippen LogP contribution in [0.15, 0.2) is 22.9 Å². The van der Waals surface area contributed by atoms with Crippen LogP contribution in [0.5, 0.6) is 0 Å². The zero-order valence-electron chi connectivity index (χ0n) is 7.75. The van der Waals surface area contributed by atoms with Gasteiger partial charge in [0.05, 0.1) is 0 Å². The highest BCUT2D eigenvalue weighted by atomic mass is 32.1. The summed E-state index contributed by atoms with van der Waals surface area (Å²) >= 11 is 1.42. The Hall–Kier alpha value is -1.89. The van der Waals surface area contributed by atoms with Gasteiger partial charge in [0.2, 0.25) is 5.71 Å². The van der Waals surface area contributed by atoms with E-state index in [0.29, 0.717) is 0 Å². The van der Waals surface area contributed by atoms with E-state index in [-0.39, 0.29) is 11.4 Å². The second-order valence-corrected chi connectivity index (χ2v) is 3.52. The molecule has 0 aromatic carbocycles. The minimum Gasteiger partial charge on any atom is -0.476 e. The SMILES string of the molecule is CON=C(C(=O)O)c1cn2ccsc2n1. The first kappa shape index (κ1) is 9.66. The number of hydrogen-bond donors (Lipinski definition) is 1. The maximum Gasteiger partial charge on any atom is 0.360 e. The third kappa shape index (κ3) is 1.68. The van der Waals surface area contributed by atoms with Gasteiger partial charge in [-0.1, -0.05) is 5.16 Å². The number of fused-ring (bicyclic) bond motifs is 1. The Morgan fingerprint density at radius 2 is 2.53 bits per heavy atom. The molecule has 0 spiro atoms. The molecule has 7 heteroatoms. The van der Waals surface area contributed by atoms with Crippen LogP contribution in [0.2, 0.25) is 0 Å². The largest absolute Gasteiger partial charge is 0.476 e. The predicted octanol–water partition coefficient (Wildman–Crippen LogP) is 0.831. The molecule has 0 unspecified atom stereocenters. The van der Waals surface area contributed by atoms with Crippen molar-refractivity contribution in [1.29, 1.82) is 0 Å². The summed E-state index contributed by atoms with van der Waals surface area (Å²) in [7, 11) is 1.29. The first-order chi connectivity index (χ1) is 7.22. The van der Waals surface area contributed by atoms with Crippen molar-refractivity contribution in [2.45, 2.75) is 0 Å². The molecule has 0 amide bonds. The van der Waals surface area contributed by atoms with Crippen molar-refractivity contribution in [2.75, 3.05) is 7.11 Å². The molecule has 0 aliphatic heterocycles. The molecule has 2 rings (SSSR count). The van der Waals surface area contributed by atoms with E-state index < -0.39 is 5.97 Å². The summed E-state index contributed by atoms with van der Waals surface area (Å²) in [5.41, 5.74) is 0.0876. The Labute approximate surface area is 88.4 Å². The fourth-order valence-electron chi connectivity index (χ4n) is 1.13. The van der Waals surface area contributed by atoms with E-state index in [1.165, 1.54) is 18.4 Å². The van der Waals surface area contributed by atoms with Gasteiger partial charge >= 0.3 is 5.97 Å². The number of carbonyl (C=O) groups is 1. The third-order valence-corrected chi connectivity index (χ3v) is 2.49. The number of imidazole rings is 1. The Morgan fingerprint density at radius 1 is 1.73 bits per heavy atom. The van der Waals surface area contributed by atoms with E-state index in [1.807, 2.05) is 5.38 Å². The van der Waals surface area contributed by atoms with Crippen molar-refractivity contribution in [3.63, 3.8) is 0 Å². The van der Waals surface area contributed by atoms with Crippen molar-refractivity contribution in [3.8, 4) is 0 Å². The molecule has 2 aromatic rings. The number of carboxylic acid groups (broad SMARTS) is 1. The second-order valence-electron chi connectivity index (χ2n) is 2.65. The number of carboxylic acids is 1. The highest BCUT2D eigenvalue weighted by Gasteiger charge is 2.17. The first-order valence-electron chi connectivity index (χ1n) is 3.99. The zero-order valence-corrected chi connectivity index (χ0v) is 8.56. The maximum atomic E-state index is 10.8. The summed E-state index contributed by atoms with van der Waals surface area (Å²) in [6.07, 6.45) is 3.39. The Morgan fingerprint density at radius 3 is 3.13 bits per heavy atom. The molecule has 0 radical (unpaired) electrons. The second kappa shape index (κ2) is 3.70. The number of thiazole rings is 1. The fourth-order valence-corrected chi connectivity index (χ4v) is 1.83. The van der Waals surface area contributed by atoms with Crippen molar-refractivity contribution < 1.29 is 14.7 Å². The Bertz CT molecular complexity index is 499. The lowest BCUT2D eigenvalue weighted by atomic mass is 10.3. The molecule has 0 fully saturated rings. The molecule has 78 valence electrons. The van der Waals surface area contributed by atoms with Crippen LogP contribution in [-0.2, 0) is 9.63 Å². The van der Waals surface area contributed by atoms with E-state index >= 15 is 0 Å². The smallest absolute Gasteiger partial charge is 0.360 e. The zero-order chi connectivity index (χ0) is 10.8. The molecule has 0 bridgehead atoms. The van der Waals surface area contributed by atoms with Crippen molar-refractivity contribution in [2.24, 2.45) is 5.16 Å². The average Bonchev–Trinajstić information content (AvgIpc) is 2.72. The standard InChI is InChI=1S/C8H7N3O3S/c1-14-10-6(7(12)13)5-4-11-2-3-15-8(11)9-5/h2-4H,1H3,(H,12,13). The van der Waals surface area contributed by atoms with Gasteiger partial charge in [-0.15, -0.1) is 11.3 Å². The fraction of sp³-hybridized carbons (Fsp3) is 0.125. The third-order valence-electron chi connectivity index (χ3n) is 1.72. The lowest BCUT2D eigenvalue weighted by molar-refractivity contribution is -0.129. The molecular formula is C8H7N3O3S. The van der Waals surface area contributed by atoms with E-state index in [0.717, 1.165) is 4.96 Å². The van der Waals surface area contributed by atoms with Gasteiger partial charge < -0.3 is 9.94 Å². The molecule has 0 atom stereocenters. The highest BCUT2D eigenvalue weighted by Crippen LogP contribution is 2.12. The number of aromatic nitrogens is 2. The molecule has 2 aromatic heterocycles. The van der Waals surface area contributed by atoms with Crippen LogP contribution in [0, 0.1) is 0 Å². The number of nitrogens with zero attached hydrogens (tertiary/aromatic N) is 3. The van der Waals surface area contributed by atoms with Crippen LogP contribution < -0.4 is 0 Å². The van der Waals surface area contributed by atoms with Crippen LogP contribution in [-0.4, -0.2) is 33.3 Å². The monoisotopic (exact) mass is 225 g/mol. The molecular weight excluding hydrogens is 218 g/mol. The molecule has 6 nitrogen and oxygen atoms in total.